The van der Waals surface area contributed by atoms with Crippen molar-refractivity contribution in [1.29, 1.82) is 0 Å². The summed E-state index contributed by atoms with van der Waals surface area (Å²) in [6, 6.07) is 16.8. The molecule has 0 bridgehead atoms. The third kappa shape index (κ3) is 5.09. The second-order valence-electron chi connectivity index (χ2n) is 5.99. The number of nitrogens with zero attached hydrogens (tertiary/aromatic N) is 2. The number of rotatable bonds is 7. The molecular formula is C21H27N3O2. The summed E-state index contributed by atoms with van der Waals surface area (Å²) in [6.45, 7) is 8.31. The lowest BCUT2D eigenvalue weighted by molar-refractivity contribution is 0.0773. The number of urea groups is 1. The van der Waals surface area contributed by atoms with Gasteiger partial charge in [-0.2, -0.15) is 0 Å². The quantitative estimate of drug-likeness (QED) is 0.810. The van der Waals surface area contributed by atoms with E-state index in [0.29, 0.717) is 37.4 Å². The number of nitrogens with one attached hydrogen (secondary N) is 1. The number of anilines is 1. The Morgan fingerprint density at radius 1 is 0.846 bits per heavy atom. The third-order valence-electron chi connectivity index (χ3n) is 4.30. The van der Waals surface area contributed by atoms with Gasteiger partial charge in [0.15, 0.2) is 0 Å². The lowest BCUT2D eigenvalue weighted by atomic mass is 10.1. The summed E-state index contributed by atoms with van der Waals surface area (Å²) in [5.74, 6) is -0.0252. The van der Waals surface area contributed by atoms with Crippen LogP contribution in [0.2, 0.25) is 0 Å². The van der Waals surface area contributed by atoms with E-state index in [2.05, 4.69) is 5.32 Å². The zero-order valence-corrected chi connectivity index (χ0v) is 15.7. The molecule has 138 valence electrons. The van der Waals surface area contributed by atoms with Crippen LogP contribution in [0.1, 0.15) is 36.7 Å². The SMILES string of the molecule is CCN(Cc1ccccc1)C(=O)Nc1cccc(C(=O)N(CC)CC)c1. The predicted molar refractivity (Wildman–Crippen MR) is 105 cm³/mol. The Hall–Kier alpha value is -2.82. The van der Waals surface area contributed by atoms with Crippen LogP contribution in [0, 0.1) is 0 Å². The summed E-state index contributed by atoms with van der Waals surface area (Å²) in [7, 11) is 0. The standard InChI is InChI=1S/C21H27N3O2/c1-4-23(5-2)20(25)18-13-10-14-19(15-18)22-21(26)24(6-3)16-17-11-8-7-9-12-17/h7-15H,4-6,16H2,1-3H3,(H,22,26). The first-order valence-electron chi connectivity index (χ1n) is 9.08. The monoisotopic (exact) mass is 353 g/mol. The molecule has 0 atom stereocenters. The number of amides is 3. The van der Waals surface area contributed by atoms with Gasteiger partial charge in [0.25, 0.3) is 5.91 Å². The Morgan fingerprint density at radius 2 is 1.50 bits per heavy atom. The maximum Gasteiger partial charge on any atom is 0.322 e. The van der Waals surface area contributed by atoms with Crippen molar-refractivity contribution < 1.29 is 9.59 Å². The lowest BCUT2D eigenvalue weighted by Crippen LogP contribution is -2.34. The summed E-state index contributed by atoms with van der Waals surface area (Å²) in [4.78, 5) is 28.6. The van der Waals surface area contributed by atoms with Gasteiger partial charge in [0.2, 0.25) is 0 Å². The molecule has 0 saturated heterocycles. The fourth-order valence-electron chi connectivity index (χ4n) is 2.76. The highest BCUT2D eigenvalue weighted by Crippen LogP contribution is 2.14. The molecule has 2 aromatic carbocycles. The lowest BCUT2D eigenvalue weighted by Gasteiger charge is -2.22. The Balaban J connectivity index is 2.08. The summed E-state index contributed by atoms with van der Waals surface area (Å²) in [5.41, 5.74) is 2.28. The van der Waals surface area contributed by atoms with E-state index in [1.807, 2.05) is 51.1 Å². The van der Waals surface area contributed by atoms with E-state index in [4.69, 9.17) is 0 Å². The number of hydrogen-bond donors (Lipinski definition) is 1. The molecule has 2 rings (SSSR count). The van der Waals surface area contributed by atoms with E-state index < -0.39 is 0 Å². The van der Waals surface area contributed by atoms with E-state index in [0.717, 1.165) is 5.56 Å². The van der Waals surface area contributed by atoms with Gasteiger partial charge in [-0.1, -0.05) is 36.4 Å². The molecule has 0 aromatic heterocycles. The normalized spacial score (nSPS) is 10.3. The van der Waals surface area contributed by atoms with E-state index in [9.17, 15) is 9.59 Å². The van der Waals surface area contributed by atoms with Crippen LogP contribution in [-0.2, 0) is 6.54 Å². The first kappa shape index (κ1) is 19.5. The number of benzene rings is 2. The molecule has 26 heavy (non-hydrogen) atoms. The molecule has 0 unspecified atom stereocenters. The minimum absolute atomic E-state index is 0.0252. The van der Waals surface area contributed by atoms with Gasteiger partial charge in [-0.3, -0.25) is 4.79 Å². The predicted octanol–water partition coefficient (Wildman–Crippen LogP) is 4.22. The third-order valence-corrected chi connectivity index (χ3v) is 4.30. The second-order valence-corrected chi connectivity index (χ2v) is 5.99. The number of hydrogen-bond acceptors (Lipinski definition) is 2. The molecule has 3 amide bonds. The zero-order chi connectivity index (χ0) is 18.9. The first-order valence-corrected chi connectivity index (χ1v) is 9.08. The van der Waals surface area contributed by atoms with Crippen LogP contribution in [-0.4, -0.2) is 41.4 Å². The smallest absolute Gasteiger partial charge is 0.322 e. The van der Waals surface area contributed by atoms with E-state index in [1.54, 1.807) is 34.1 Å². The molecule has 0 fully saturated rings. The second kappa shape index (κ2) is 9.61. The molecule has 0 aliphatic carbocycles. The van der Waals surface area contributed by atoms with E-state index in [1.165, 1.54) is 0 Å². The Morgan fingerprint density at radius 3 is 2.12 bits per heavy atom. The molecule has 5 heteroatoms. The minimum Gasteiger partial charge on any atom is -0.339 e. The highest BCUT2D eigenvalue weighted by molar-refractivity contribution is 5.96. The maximum absolute atomic E-state index is 12.6. The molecule has 0 aliphatic rings. The summed E-state index contributed by atoms with van der Waals surface area (Å²) in [6.07, 6.45) is 0. The van der Waals surface area contributed by atoms with Crippen molar-refractivity contribution >= 4 is 17.6 Å². The van der Waals surface area contributed by atoms with Crippen LogP contribution in [0.3, 0.4) is 0 Å². The molecule has 0 spiro atoms. The van der Waals surface area contributed by atoms with Gasteiger partial charge < -0.3 is 15.1 Å². The molecule has 0 radical (unpaired) electrons. The average Bonchev–Trinajstić information content (AvgIpc) is 2.68. The van der Waals surface area contributed by atoms with Crippen molar-refractivity contribution in [3.8, 4) is 0 Å². The molecule has 0 heterocycles. The Bertz CT molecular complexity index is 727. The van der Waals surface area contributed by atoms with Crippen LogP contribution in [0.5, 0.6) is 0 Å². The molecule has 5 nitrogen and oxygen atoms in total. The van der Waals surface area contributed by atoms with Crippen LogP contribution in [0.25, 0.3) is 0 Å². The summed E-state index contributed by atoms with van der Waals surface area (Å²) < 4.78 is 0. The van der Waals surface area contributed by atoms with Crippen LogP contribution < -0.4 is 5.32 Å². The zero-order valence-electron chi connectivity index (χ0n) is 15.7. The van der Waals surface area contributed by atoms with Gasteiger partial charge in [-0.25, -0.2) is 4.79 Å². The molecule has 0 aliphatic heterocycles. The van der Waals surface area contributed by atoms with Gasteiger partial charge in [0, 0.05) is 37.4 Å². The van der Waals surface area contributed by atoms with Crippen molar-refractivity contribution in [3.05, 3.63) is 65.7 Å². The molecule has 0 saturated carbocycles. The summed E-state index contributed by atoms with van der Waals surface area (Å²) in [5, 5.41) is 2.90. The molecular weight excluding hydrogens is 326 g/mol. The van der Waals surface area contributed by atoms with Crippen LogP contribution >= 0.6 is 0 Å². The fourth-order valence-corrected chi connectivity index (χ4v) is 2.76. The van der Waals surface area contributed by atoms with Gasteiger partial charge in [-0.05, 0) is 44.5 Å². The molecule has 1 N–H and O–H groups in total. The largest absolute Gasteiger partial charge is 0.339 e. The van der Waals surface area contributed by atoms with Crippen molar-refractivity contribution in [2.75, 3.05) is 25.0 Å². The first-order chi connectivity index (χ1) is 12.6. The highest BCUT2D eigenvalue weighted by atomic mass is 16.2. The van der Waals surface area contributed by atoms with Crippen molar-refractivity contribution in [2.45, 2.75) is 27.3 Å². The average molecular weight is 353 g/mol. The maximum atomic E-state index is 12.6. The number of carbonyl (C=O) groups excluding carboxylic acids is 2. The van der Waals surface area contributed by atoms with Crippen molar-refractivity contribution in [2.24, 2.45) is 0 Å². The molecule has 2 aromatic rings. The van der Waals surface area contributed by atoms with Crippen LogP contribution in [0.4, 0.5) is 10.5 Å². The number of carbonyl (C=O) groups is 2. The van der Waals surface area contributed by atoms with Crippen LogP contribution in [0.15, 0.2) is 54.6 Å². The van der Waals surface area contributed by atoms with Gasteiger partial charge in [0.1, 0.15) is 0 Å². The van der Waals surface area contributed by atoms with Gasteiger partial charge in [0.05, 0.1) is 0 Å². The van der Waals surface area contributed by atoms with Crippen molar-refractivity contribution in [1.82, 2.24) is 9.80 Å². The summed E-state index contributed by atoms with van der Waals surface area (Å²) >= 11 is 0. The fraction of sp³-hybridized carbons (Fsp3) is 0.333. The van der Waals surface area contributed by atoms with E-state index >= 15 is 0 Å². The van der Waals surface area contributed by atoms with E-state index in [-0.39, 0.29) is 11.9 Å². The topological polar surface area (TPSA) is 52.7 Å². The minimum atomic E-state index is -0.177. The highest BCUT2D eigenvalue weighted by Gasteiger charge is 2.15. The Labute approximate surface area is 155 Å². The van der Waals surface area contributed by atoms with Gasteiger partial charge >= 0.3 is 6.03 Å². The Kier molecular flexibility index (Phi) is 7.21. The van der Waals surface area contributed by atoms with Crippen molar-refractivity contribution in [3.63, 3.8) is 0 Å². The van der Waals surface area contributed by atoms with Gasteiger partial charge in [-0.15, -0.1) is 0 Å².